The van der Waals surface area contributed by atoms with E-state index in [1.165, 1.54) is 5.56 Å². The lowest BCUT2D eigenvalue weighted by Crippen LogP contribution is -2.34. The zero-order valence-electron chi connectivity index (χ0n) is 12.7. The van der Waals surface area contributed by atoms with E-state index < -0.39 is 10.0 Å². The predicted molar refractivity (Wildman–Crippen MR) is 89.0 cm³/mol. The largest absolute Gasteiger partial charge is 0.218 e. The van der Waals surface area contributed by atoms with E-state index in [2.05, 4.69) is 12.1 Å². The van der Waals surface area contributed by atoms with Crippen molar-refractivity contribution < 1.29 is 8.42 Å². The van der Waals surface area contributed by atoms with Gasteiger partial charge in [0.1, 0.15) is 0 Å². The van der Waals surface area contributed by atoms with Crippen LogP contribution in [0.2, 0.25) is 0 Å². The summed E-state index contributed by atoms with van der Waals surface area (Å²) >= 11 is 0. The second-order valence-electron chi connectivity index (χ2n) is 6.00. The summed E-state index contributed by atoms with van der Waals surface area (Å²) in [5.41, 5.74) is 2.07. The summed E-state index contributed by atoms with van der Waals surface area (Å²) in [6, 6.07) is 19.7. The van der Waals surface area contributed by atoms with E-state index in [9.17, 15) is 8.42 Å². The van der Waals surface area contributed by atoms with Gasteiger partial charge < -0.3 is 0 Å². The first-order valence-corrected chi connectivity index (χ1v) is 9.25. The monoisotopic (exact) mass is 315 g/mol. The fraction of sp³-hybridized carbons (Fsp3) is 0.333. The van der Waals surface area contributed by atoms with Crippen LogP contribution in [0.15, 0.2) is 60.7 Å². The van der Waals surface area contributed by atoms with Crippen molar-refractivity contribution in [2.24, 2.45) is 0 Å². The summed E-state index contributed by atoms with van der Waals surface area (Å²) < 4.78 is 27.1. The molecule has 3 nitrogen and oxygen atoms in total. The summed E-state index contributed by atoms with van der Waals surface area (Å²) in [7, 11) is -3.27. The van der Waals surface area contributed by atoms with Crippen LogP contribution in [-0.4, -0.2) is 25.3 Å². The number of hydrogen-bond donors (Lipinski definition) is 0. The highest BCUT2D eigenvalue weighted by Crippen LogP contribution is 2.34. The lowest BCUT2D eigenvalue weighted by Gasteiger charge is -2.21. The van der Waals surface area contributed by atoms with Gasteiger partial charge in [-0.15, -0.1) is 0 Å². The molecule has 116 valence electrons. The molecule has 1 aliphatic rings. The van der Waals surface area contributed by atoms with Gasteiger partial charge in [-0.1, -0.05) is 60.7 Å². The standard InChI is InChI=1S/C18H21NO2S/c1-15-12-18(17-10-6-3-7-11-17)13-19(15)22(20,21)14-16-8-4-2-5-9-16/h2-11,15,18H,12-14H2,1H3. The average molecular weight is 315 g/mol. The second-order valence-corrected chi connectivity index (χ2v) is 7.93. The molecule has 0 saturated carbocycles. The molecule has 0 aliphatic carbocycles. The van der Waals surface area contributed by atoms with Gasteiger partial charge >= 0.3 is 0 Å². The van der Waals surface area contributed by atoms with Crippen LogP contribution in [0.3, 0.4) is 0 Å². The third-order valence-electron chi connectivity index (χ3n) is 4.34. The van der Waals surface area contributed by atoms with E-state index in [1.54, 1.807) is 4.31 Å². The van der Waals surface area contributed by atoms with E-state index in [0.29, 0.717) is 12.5 Å². The first-order valence-electron chi connectivity index (χ1n) is 7.64. The Labute approximate surface area is 132 Å². The molecule has 2 aromatic rings. The fourth-order valence-electron chi connectivity index (χ4n) is 3.22. The molecule has 1 aliphatic heterocycles. The highest BCUT2D eigenvalue weighted by atomic mass is 32.2. The summed E-state index contributed by atoms with van der Waals surface area (Å²) in [6.45, 7) is 2.59. The molecule has 1 heterocycles. The molecule has 0 bridgehead atoms. The van der Waals surface area contributed by atoms with Crippen LogP contribution in [0.5, 0.6) is 0 Å². The molecule has 0 spiro atoms. The molecule has 4 heteroatoms. The molecule has 3 rings (SSSR count). The maximum Gasteiger partial charge on any atom is 0.218 e. The predicted octanol–water partition coefficient (Wildman–Crippen LogP) is 3.39. The van der Waals surface area contributed by atoms with E-state index in [0.717, 1.165) is 12.0 Å². The lowest BCUT2D eigenvalue weighted by atomic mass is 9.97. The van der Waals surface area contributed by atoms with Crippen molar-refractivity contribution in [2.75, 3.05) is 6.54 Å². The molecule has 2 unspecified atom stereocenters. The summed E-state index contributed by atoms with van der Waals surface area (Å²) in [6.07, 6.45) is 0.887. The van der Waals surface area contributed by atoms with Crippen molar-refractivity contribution in [3.05, 3.63) is 71.8 Å². The summed E-state index contributed by atoms with van der Waals surface area (Å²) in [5, 5.41) is 0. The maximum atomic E-state index is 12.7. The molecule has 0 N–H and O–H groups in total. The van der Waals surface area contributed by atoms with E-state index >= 15 is 0 Å². The van der Waals surface area contributed by atoms with Gasteiger partial charge in [0.05, 0.1) is 5.75 Å². The van der Waals surface area contributed by atoms with Gasteiger partial charge in [0.15, 0.2) is 0 Å². The molecular formula is C18H21NO2S. The first kappa shape index (κ1) is 15.3. The zero-order chi connectivity index (χ0) is 15.6. The van der Waals surface area contributed by atoms with Crippen molar-refractivity contribution in [2.45, 2.75) is 31.1 Å². The van der Waals surface area contributed by atoms with Crippen LogP contribution in [-0.2, 0) is 15.8 Å². The van der Waals surface area contributed by atoms with Crippen LogP contribution < -0.4 is 0 Å². The Morgan fingerprint density at radius 2 is 1.59 bits per heavy atom. The van der Waals surface area contributed by atoms with Gasteiger partial charge in [0.25, 0.3) is 0 Å². The normalized spacial score (nSPS) is 22.8. The Bertz CT molecular complexity index is 713. The summed E-state index contributed by atoms with van der Waals surface area (Å²) in [5.74, 6) is 0.376. The molecule has 0 radical (unpaired) electrons. The third kappa shape index (κ3) is 3.23. The van der Waals surface area contributed by atoms with Crippen LogP contribution in [0.25, 0.3) is 0 Å². The van der Waals surface area contributed by atoms with Crippen LogP contribution in [0, 0.1) is 0 Å². The van der Waals surface area contributed by atoms with E-state index in [4.69, 9.17) is 0 Å². The lowest BCUT2D eigenvalue weighted by molar-refractivity contribution is 0.406. The van der Waals surface area contributed by atoms with Gasteiger partial charge in [0, 0.05) is 12.6 Å². The molecule has 2 atom stereocenters. The highest BCUT2D eigenvalue weighted by Gasteiger charge is 2.37. The number of sulfonamides is 1. The average Bonchev–Trinajstić information content (AvgIpc) is 2.92. The Balaban J connectivity index is 1.77. The topological polar surface area (TPSA) is 37.4 Å². The Morgan fingerprint density at radius 3 is 2.23 bits per heavy atom. The fourth-order valence-corrected chi connectivity index (χ4v) is 5.04. The smallest absolute Gasteiger partial charge is 0.212 e. The zero-order valence-corrected chi connectivity index (χ0v) is 13.5. The van der Waals surface area contributed by atoms with Gasteiger partial charge in [-0.3, -0.25) is 0 Å². The molecule has 0 amide bonds. The number of hydrogen-bond acceptors (Lipinski definition) is 2. The van der Waals surface area contributed by atoms with Crippen LogP contribution in [0.1, 0.15) is 30.4 Å². The number of benzene rings is 2. The van der Waals surface area contributed by atoms with Gasteiger partial charge in [0.2, 0.25) is 10.0 Å². The van der Waals surface area contributed by atoms with Gasteiger partial charge in [-0.05, 0) is 30.4 Å². The molecule has 0 aromatic heterocycles. The van der Waals surface area contributed by atoms with Crippen LogP contribution >= 0.6 is 0 Å². The van der Waals surface area contributed by atoms with Gasteiger partial charge in [-0.25, -0.2) is 8.42 Å². The molecule has 1 fully saturated rings. The summed E-state index contributed by atoms with van der Waals surface area (Å²) in [4.78, 5) is 0. The third-order valence-corrected chi connectivity index (χ3v) is 6.26. The number of rotatable bonds is 4. The molecule has 22 heavy (non-hydrogen) atoms. The minimum atomic E-state index is -3.27. The van der Waals surface area contributed by atoms with Gasteiger partial charge in [-0.2, -0.15) is 4.31 Å². The molecular weight excluding hydrogens is 294 g/mol. The van der Waals surface area contributed by atoms with Crippen LogP contribution in [0.4, 0.5) is 0 Å². The molecule has 1 saturated heterocycles. The second kappa shape index (κ2) is 6.23. The van der Waals surface area contributed by atoms with Crippen molar-refractivity contribution >= 4 is 10.0 Å². The van der Waals surface area contributed by atoms with Crippen molar-refractivity contribution in [3.63, 3.8) is 0 Å². The Kier molecular flexibility index (Phi) is 4.32. The number of nitrogens with zero attached hydrogens (tertiary/aromatic N) is 1. The van der Waals surface area contributed by atoms with E-state index in [-0.39, 0.29) is 11.8 Å². The Hall–Kier alpha value is -1.65. The van der Waals surface area contributed by atoms with Crippen molar-refractivity contribution in [3.8, 4) is 0 Å². The maximum absolute atomic E-state index is 12.7. The first-order chi connectivity index (χ1) is 10.6. The quantitative estimate of drug-likeness (QED) is 0.867. The minimum Gasteiger partial charge on any atom is -0.212 e. The molecule has 2 aromatic carbocycles. The van der Waals surface area contributed by atoms with E-state index in [1.807, 2.05) is 55.5 Å². The minimum absolute atomic E-state index is 0.0546. The SMILES string of the molecule is CC1CC(c2ccccc2)CN1S(=O)(=O)Cc1ccccc1. The van der Waals surface area contributed by atoms with Crippen molar-refractivity contribution in [1.82, 2.24) is 4.31 Å². The van der Waals surface area contributed by atoms with Crippen molar-refractivity contribution in [1.29, 1.82) is 0 Å². The Morgan fingerprint density at radius 1 is 1.00 bits per heavy atom. The highest BCUT2D eigenvalue weighted by molar-refractivity contribution is 7.88.